The lowest BCUT2D eigenvalue weighted by Crippen LogP contribution is -2.64. The molecule has 1 saturated heterocycles. The molecule has 3 atom stereocenters. The van der Waals surface area contributed by atoms with Crippen LogP contribution in [0.2, 0.25) is 0 Å². The van der Waals surface area contributed by atoms with Crippen LogP contribution in [0.1, 0.15) is 48.0 Å². The smallest absolute Gasteiger partial charge is 0.0116 e. The Morgan fingerprint density at radius 2 is 1.54 bits per heavy atom. The fraction of sp³-hybridized carbons (Fsp3) is 1.00. The summed E-state index contributed by atoms with van der Waals surface area (Å²) in [4.78, 5) is 2.68. The van der Waals surface area contributed by atoms with E-state index >= 15 is 0 Å². The van der Waals surface area contributed by atoms with Gasteiger partial charge in [0.2, 0.25) is 0 Å². The van der Waals surface area contributed by atoms with E-state index in [-0.39, 0.29) is 0 Å². The summed E-state index contributed by atoms with van der Waals surface area (Å²) < 4.78 is 0. The van der Waals surface area contributed by atoms with Crippen LogP contribution >= 0.6 is 0 Å². The van der Waals surface area contributed by atoms with Crippen molar-refractivity contribution >= 4 is 0 Å². The Kier molecular flexibility index (Phi) is 3.39. The van der Waals surface area contributed by atoms with E-state index in [1.165, 1.54) is 6.42 Å². The zero-order valence-electron chi connectivity index (χ0n) is 10.0. The van der Waals surface area contributed by atoms with E-state index < -0.39 is 0 Å². The first kappa shape index (κ1) is 11.0. The molecule has 78 valence electrons. The molecule has 0 spiro atoms. The van der Waals surface area contributed by atoms with Crippen molar-refractivity contribution in [1.29, 1.82) is 0 Å². The second kappa shape index (κ2) is 4.00. The average Bonchev–Trinajstić information content (AvgIpc) is 2.05. The molecule has 0 aromatic rings. The topological polar surface area (TPSA) is 3.24 Å². The van der Waals surface area contributed by atoms with Gasteiger partial charge in [0.1, 0.15) is 0 Å². The predicted molar refractivity (Wildman–Crippen MR) is 58.8 cm³/mol. The van der Waals surface area contributed by atoms with Crippen LogP contribution in [0.5, 0.6) is 0 Å². The number of hydrogen-bond donors (Lipinski definition) is 0. The Labute approximate surface area is 83.5 Å². The standard InChI is InChI=1S/C12H25N/c1-7-12-10(5)13(11(12)6)9(4)8(2)3/h8-12H,7H2,1-6H3. The molecular formula is C12H25N. The Hall–Kier alpha value is -0.0400. The fourth-order valence-corrected chi connectivity index (χ4v) is 2.88. The van der Waals surface area contributed by atoms with Crippen molar-refractivity contribution in [1.82, 2.24) is 4.90 Å². The van der Waals surface area contributed by atoms with Crippen LogP contribution in [-0.2, 0) is 0 Å². The molecule has 0 amide bonds. The molecule has 1 aliphatic heterocycles. The van der Waals surface area contributed by atoms with Gasteiger partial charge < -0.3 is 0 Å². The van der Waals surface area contributed by atoms with Crippen molar-refractivity contribution in [3.8, 4) is 0 Å². The van der Waals surface area contributed by atoms with Crippen molar-refractivity contribution < 1.29 is 0 Å². The van der Waals surface area contributed by atoms with Gasteiger partial charge in [-0.2, -0.15) is 0 Å². The van der Waals surface area contributed by atoms with E-state index in [0.717, 1.165) is 30.0 Å². The normalized spacial score (nSPS) is 37.6. The van der Waals surface area contributed by atoms with Crippen LogP contribution < -0.4 is 0 Å². The van der Waals surface area contributed by atoms with Gasteiger partial charge in [-0.15, -0.1) is 0 Å². The Morgan fingerprint density at radius 1 is 1.08 bits per heavy atom. The highest BCUT2D eigenvalue weighted by atomic mass is 15.3. The maximum Gasteiger partial charge on any atom is 0.0116 e. The van der Waals surface area contributed by atoms with Gasteiger partial charge in [-0.05, 0) is 32.6 Å². The third-order valence-corrected chi connectivity index (χ3v) is 4.09. The fourth-order valence-electron chi connectivity index (χ4n) is 2.88. The zero-order valence-corrected chi connectivity index (χ0v) is 10.0. The van der Waals surface area contributed by atoms with Gasteiger partial charge in [0.05, 0.1) is 0 Å². The number of rotatable bonds is 3. The molecule has 1 heterocycles. The van der Waals surface area contributed by atoms with Gasteiger partial charge in [-0.1, -0.05) is 27.2 Å². The largest absolute Gasteiger partial charge is 0.294 e. The first-order valence-electron chi connectivity index (χ1n) is 5.78. The molecule has 0 bridgehead atoms. The minimum Gasteiger partial charge on any atom is -0.294 e. The molecule has 1 heteroatoms. The Balaban J connectivity index is 2.55. The predicted octanol–water partition coefficient (Wildman–Crippen LogP) is 3.15. The molecule has 0 aromatic heterocycles. The van der Waals surface area contributed by atoms with Crippen molar-refractivity contribution in [2.24, 2.45) is 11.8 Å². The summed E-state index contributed by atoms with van der Waals surface area (Å²) in [7, 11) is 0. The first-order chi connectivity index (χ1) is 6.00. The first-order valence-corrected chi connectivity index (χ1v) is 5.78. The van der Waals surface area contributed by atoms with Crippen LogP contribution in [0.15, 0.2) is 0 Å². The van der Waals surface area contributed by atoms with Crippen LogP contribution in [0.4, 0.5) is 0 Å². The lowest BCUT2D eigenvalue weighted by Gasteiger charge is -2.56. The second-order valence-corrected chi connectivity index (χ2v) is 4.99. The molecule has 1 aliphatic rings. The highest BCUT2D eigenvalue weighted by Crippen LogP contribution is 2.37. The molecule has 0 aromatic carbocycles. The molecule has 1 rings (SSSR count). The molecule has 1 fully saturated rings. The molecule has 0 saturated carbocycles. The van der Waals surface area contributed by atoms with Gasteiger partial charge in [-0.25, -0.2) is 0 Å². The minimum absolute atomic E-state index is 0.743. The highest BCUT2D eigenvalue weighted by molar-refractivity contribution is 4.98. The minimum atomic E-state index is 0.743. The molecule has 0 N–H and O–H groups in total. The number of nitrogens with zero attached hydrogens (tertiary/aromatic N) is 1. The zero-order chi connectivity index (χ0) is 10.2. The molecule has 3 unspecified atom stereocenters. The van der Waals surface area contributed by atoms with E-state index in [1.807, 2.05) is 0 Å². The van der Waals surface area contributed by atoms with Crippen LogP contribution in [-0.4, -0.2) is 23.0 Å². The molecule has 13 heavy (non-hydrogen) atoms. The maximum absolute atomic E-state index is 2.68. The number of likely N-dealkylation sites (tertiary alicyclic amines) is 1. The van der Waals surface area contributed by atoms with Crippen molar-refractivity contribution in [3.05, 3.63) is 0 Å². The number of hydrogen-bond acceptors (Lipinski definition) is 1. The quantitative estimate of drug-likeness (QED) is 0.649. The summed E-state index contributed by atoms with van der Waals surface area (Å²) in [5.41, 5.74) is 0. The third kappa shape index (κ3) is 1.76. The monoisotopic (exact) mass is 183 g/mol. The maximum atomic E-state index is 2.68. The van der Waals surface area contributed by atoms with Gasteiger partial charge in [0, 0.05) is 18.1 Å². The second-order valence-electron chi connectivity index (χ2n) is 4.99. The van der Waals surface area contributed by atoms with Gasteiger partial charge in [0.15, 0.2) is 0 Å². The Bertz CT molecular complexity index is 155. The van der Waals surface area contributed by atoms with E-state index in [4.69, 9.17) is 0 Å². The summed E-state index contributed by atoms with van der Waals surface area (Å²) in [5.74, 6) is 1.71. The third-order valence-electron chi connectivity index (χ3n) is 4.09. The summed E-state index contributed by atoms with van der Waals surface area (Å²) in [6.07, 6.45) is 1.34. The van der Waals surface area contributed by atoms with Gasteiger partial charge in [-0.3, -0.25) is 4.90 Å². The van der Waals surface area contributed by atoms with Gasteiger partial charge >= 0.3 is 0 Å². The van der Waals surface area contributed by atoms with E-state index in [0.29, 0.717) is 0 Å². The highest BCUT2D eigenvalue weighted by Gasteiger charge is 2.44. The molecule has 1 nitrogen and oxygen atoms in total. The van der Waals surface area contributed by atoms with Crippen molar-refractivity contribution in [2.75, 3.05) is 0 Å². The van der Waals surface area contributed by atoms with Gasteiger partial charge in [0.25, 0.3) is 0 Å². The van der Waals surface area contributed by atoms with E-state index in [1.54, 1.807) is 0 Å². The SMILES string of the molecule is CCC1C(C)N(C(C)C(C)C)C1C. The molecule has 0 aliphatic carbocycles. The van der Waals surface area contributed by atoms with Crippen molar-refractivity contribution in [3.63, 3.8) is 0 Å². The molecule has 0 radical (unpaired) electrons. The average molecular weight is 183 g/mol. The van der Waals surface area contributed by atoms with E-state index in [9.17, 15) is 0 Å². The van der Waals surface area contributed by atoms with Crippen LogP contribution in [0.3, 0.4) is 0 Å². The van der Waals surface area contributed by atoms with E-state index in [2.05, 4.69) is 46.4 Å². The lowest BCUT2D eigenvalue weighted by atomic mass is 9.77. The van der Waals surface area contributed by atoms with Crippen LogP contribution in [0, 0.1) is 11.8 Å². The summed E-state index contributed by atoms with van der Waals surface area (Å²) >= 11 is 0. The summed E-state index contributed by atoms with van der Waals surface area (Å²) in [6, 6.07) is 2.35. The lowest BCUT2D eigenvalue weighted by molar-refractivity contribution is -0.0783. The van der Waals surface area contributed by atoms with Crippen molar-refractivity contribution in [2.45, 2.75) is 66.1 Å². The summed E-state index contributed by atoms with van der Waals surface area (Å²) in [6.45, 7) is 14.1. The van der Waals surface area contributed by atoms with Crippen LogP contribution in [0.25, 0.3) is 0 Å². The Morgan fingerprint density at radius 3 is 1.85 bits per heavy atom. The molecular weight excluding hydrogens is 158 g/mol. The summed E-state index contributed by atoms with van der Waals surface area (Å²) in [5, 5.41) is 0.